The Balaban J connectivity index is 2.93. The Labute approximate surface area is 121 Å². The minimum absolute atomic E-state index is 0.0124. The molecule has 0 fully saturated rings. The zero-order valence-corrected chi connectivity index (χ0v) is 12.3. The topological polar surface area (TPSA) is 75.4 Å². The molecule has 1 aromatic rings. The van der Waals surface area contributed by atoms with Crippen LogP contribution in [0.5, 0.6) is 0 Å². The van der Waals surface area contributed by atoms with Crippen LogP contribution in [0.15, 0.2) is 12.1 Å². The molecule has 0 aliphatic rings. The van der Waals surface area contributed by atoms with Crippen LogP contribution < -0.4 is 11.1 Å². The summed E-state index contributed by atoms with van der Waals surface area (Å²) in [6, 6.07) is 2.35. The van der Waals surface area contributed by atoms with Crippen LogP contribution in [0.1, 0.15) is 17.3 Å². The molecule has 0 radical (unpaired) electrons. The lowest BCUT2D eigenvalue weighted by Crippen LogP contribution is -2.37. The zero-order valence-electron chi connectivity index (χ0n) is 11.5. The molecule has 0 aromatic heterocycles. The summed E-state index contributed by atoms with van der Waals surface area (Å²) < 4.78 is 13.5. The fourth-order valence-electron chi connectivity index (χ4n) is 1.79. The highest BCUT2D eigenvalue weighted by atomic mass is 35.5. The van der Waals surface area contributed by atoms with E-state index in [1.54, 1.807) is 6.92 Å². The van der Waals surface area contributed by atoms with Crippen LogP contribution in [0.2, 0.25) is 5.02 Å². The molecule has 1 atom stereocenters. The summed E-state index contributed by atoms with van der Waals surface area (Å²) in [5.41, 5.74) is 5.28. The maximum atomic E-state index is 13.5. The van der Waals surface area contributed by atoms with E-state index in [-0.39, 0.29) is 34.6 Å². The average Bonchev–Trinajstić information content (AvgIpc) is 2.40. The maximum absolute atomic E-state index is 13.5. The fourth-order valence-corrected chi connectivity index (χ4v) is 2.00. The van der Waals surface area contributed by atoms with Crippen molar-refractivity contribution in [2.75, 3.05) is 26.4 Å². The van der Waals surface area contributed by atoms with E-state index in [0.29, 0.717) is 0 Å². The molecule has 0 aliphatic heterocycles. The molecular formula is C13H17ClFN3O2. The number of rotatable bonds is 4. The van der Waals surface area contributed by atoms with Crippen molar-refractivity contribution in [3.8, 4) is 0 Å². The third-order valence-electron chi connectivity index (χ3n) is 2.91. The van der Waals surface area contributed by atoms with Gasteiger partial charge in [-0.3, -0.25) is 9.59 Å². The molecule has 1 aromatic carbocycles. The Morgan fingerprint density at radius 3 is 2.65 bits per heavy atom. The Morgan fingerprint density at radius 1 is 1.50 bits per heavy atom. The Hall–Kier alpha value is -1.82. The molecule has 0 bridgehead atoms. The molecule has 110 valence electrons. The van der Waals surface area contributed by atoms with Gasteiger partial charge < -0.3 is 16.0 Å². The first-order valence-corrected chi connectivity index (χ1v) is 6.37. The van der Waals surface area contributed by atoms with Crippen molar-refractivity contribution in [2.45, 2.75) is 6.92 Å². The molecular weight excluding hydrogens is 285 g/mol. The monoisotopic (exact) mass is 301 g/mol. The third-order valence-corrected chi connectivity index (χ3v) is 3.13. The van der Waals surface area contributed by atoms with Crippen molar-refractivity contribution < 1.29 is 14.0 Å². The highest BCUT2D eigenvalue weighted by Gasteiger charge is 2.21. The van der Waals surface area contributed by atoms with Crippen molar-refractivity contribution in [3.05, 3.63) is 28.5 Å². The van der Waals surface area contributed by atoms with Gasteiger partial charge in [0.25, 0.3) is 5.91 Å². The number of amides is 2. The van der Waals surface area contributed by atoms with Gasteiger partial charge in [-0.25, -0.2) is 4.39 Å². The quantitative estimate of drug-likeness (QED) is 0.828. The number of anilines is 1. The normalized spacial score (nSPS) is 11.8. The summed E-state index contributed by atoms with van der Waals surface area (Å²) in [7, 11) is 3.03. The van der Waals surface area contributed by atoms with Gasteiger partial charge in [0, 0.05) is 25.7 Å². The molecule has 0 saturated carbocycles. The fraction of sp³-hybridized carbons (Fsp3) is 0.385. The number of nitrogens with one attached hydrogen (secondary N) is 1. The average molecular weight is 302 g/mol. The molecule has 0 heterocycles. The number of carbonyl (C=O) groups excluding carboxylic acids is 2. The zero-order chi connectivity index (χ0) is 15.4. The molecule has 1 unspecified atom stereocenters. The number of benzene rings is 1. The first kappa shape index (κ1) is 16.2. The Bertz CT molecular complexity index is 537. The van der Waals surface area contributed by atoms with Crippen LogP contribution in [0.4, 0.5) is 10.1 Å². The van der Waals surface area contributed by atoms with Gasteiger partial charge in [0.05, 0.1) is 17.2 Å². The van der Waals surface area contributed by atoms with E-state index in [9.17, 15) is 14.0 Å². The summed E-state index contributed by atoms with van der Waals surface area (Å²) in [4.78, 5) is 24.9. The second kappa shape index (κ2) is 6.56. The lowest BCUT2D eigenvalue weighted by molar-refractivity contribution is -0.124. The first-order valence-electron chi connectivity index (χ1n) is 5.99. The standard InChI is InChI=1S/C13H17ClFN3O2/c1-7(12(19)17-2)6-18(3)13(20)9-4-8(14)5-10(15)11(9)16/h4-5,7H,6,16H2,1-3H3,(H,17,19). The van der Waals surface area contributed by atoms with Crippen LogP contribution in [-0.4, -0.2) is 37.4 Å². The first-order chi connectivity index (χ1) is 9.27. The summed E-state index contributed by atoms with van der Waals surface area (Å²) in [6.07, 6.45) is 0. The largest absolute Gasteiger partial charge is 0.396 e. The number of hydrogen-bond donors (Lipinski definition) is 2. The lowest BCUT2D eigenvalue weighted by atomic mass is 10.1. The van der Waals surface area contributed by atoms with Gasteiger partial charge in [0.1, 0.15) is 5.82 Å². The number of nitrogens with zero attached hydrogens (tertiary/aromatic N) is 1. The lowest BCUT2D eigenvalue weighted by Gasteiger charge is -2.21. The van der Waals surface area contributed by atoms with E-state index in [4.69, 9.17) is 17.3 Å². The van der Waals surface area contributed by atoms with Gasteiger partial charge in [0.15, 0.2) is 0 Å². The predicted molar refractivity (Wildman–Crippen MR) is 76.0 cm³/mol. The summed E-state index contributed by atoms with van der Waals surface area (Å²) >= 11 is 5.72. The molecule has 1 rings (SSSR count). The molecule has 0 spiro atoms. The van der Waals surface area contributed by atoms with Crippen molar-refractivity contribution in [1.29, 1.82) is 0 Å². The maximum Gasteiger partial charge on any atom is 0.255 e. The molecule has 20 heavy (non-hydrogen) atoms. The van der Waals surface area contributed by atoms with Gasteiger partial charge >= 0.3 is 0 Å². The van der Waals surface area contributed by atoms with Crippen LogP contribution >= 0.6 is 11.6 Å². The number of nitrogens with two attached hydrogens (primary N) is 1. The predicted octanol–water partition coefficient (Wildman–Crippen LogP) is 1.52. The number of carbonyl (C=O) groups is 2. The molecule has 2 amide bonds. The summed E-state index contributed by atoms with van der Waals surface area (Å²) in [6.45, 7) is 1.87. The summed E-state index contributed by atoms with van der Waals surface area (Å²) in [5.74, 6) is -1.80. The van der Waals surface area contributed by atoms with Gasteiger partial charge in [0.2, 0.25) is 5.91 Å². The highest BCUT2D eigenvalue weighted by Crippen LogP contribution is 2.23. The van der Waals surface area contributed by atoms with E-state index in [1.807, 2.05) is 0 Å². The van der Waals surface area contributed by atoms with Crippen molar-refractivity contribution in [2.24, 2.45) is 5.92 Å². The minimum Gasteiger partial charge on any atom is -0.396 e. The smallest absolute Gasteiger partial charge is 0.255 e. The van der Waals surface area contributed by atoms with Crippen molar-refractivity contribution in [1.82, 2.24) is 10.2 Å². The Kier molecular flexibility index (Phi) is 5.33. The van der Waals surface area contributed by atoms with Crippen molar-refractivity contribution in [3.63, 3.8) is 0 Å². The third kappa shape index (κ3) is 3.60. The van der Waals surface area contributed by atoms with Crippen LogP contribution in [-0.2, 0) is 4.79 Å². The molecule has 5 nitrogen and oxygen atoms in total. The minimum atomic E-state index is -0.742. The van der Waals surface area contributed by atoms with E-state index in [2.05, 4.69) is 5.32 Å². The van der Waals surface area contributed by atoms with Gasteiger partial charge in [-0.15, -0.1) is 0 Å². The van der Waals surface area contributed by atoms with Gasteiger partial charge in [-0.05, 0) is 12.1 Å². The SMILES string of the molecule is CNC(=O)C(C)CN(C)C(=O)c1cc(Cl)cc(F)c1N. The number of halogens is 2. The van der Waals surface area contributed by atoms with E-state index in [0.717, 1.165) is 6.07 Å². The van der Waals surface area contributed by atoms with Crippen molar-refractivity contribution >= 4 is 29.1 Å². The van der Waals surface area contributed by atoms with E-state index < -0.39 is 11.7 Å². The molecule has 0 saturated heterocycles. The van der Waals surface area contributed by atoms with Gasteiger partial charge in [-0.1, -0.05) is 18.5 Å². The number of nitrogen functional groups attached to an aromatic ring is 1. The Morgan fingerprint density at radius 2 is 2.10 bits per heavy atom. The molecule has 3 N–H and O–H groups in total. The second-order valence-electron chi connectivity index (χ2n) is 4.55. The van der Waals surface area contributed by atoms with E-state index in [1.165, 1.54) is 25.1 Å². The van der Waals surface area contributed by atoms with Crippen LogP contribution in [0.25, 0.3) is 0 Å². The molecule has 7 heteroatoms. The summed E-state index contributed by atoms with van der Waals surface area (Å²) in [5, 5.41) is 2.59. The van der Waals surface area contributed by atoms with Crippen LogP contribution in [0.3, 0.4) is 0 Å². The number of hydrogen-bond acceptors (Lipinski definition) is 3. The molecule has 0 aliphatic carbocycles. The van der Waals surface area contributed by atoms with Gasteiger partial charge in [-0.2, -0.15) is 0 Å². The van der Waals surface area contributed by atoms with Crippen LogP contribution in [0, 0.1) is 11.7 Å². The highest BCUT2D eigenvalue weighted by molar-refractivity contribution is 6.31. The van der Waals surface area contributed by atoms with E-state index >= 15 is 0 Å². The second-order valence-corrected chi connectivity index (χ2v) is 4.99.